The second kappa shape index (κ2) is 6.48. The van der Waals surface area contributed by atoms with Crippen molar-refractivity contribution in [2.24, 2.45) is 0 Å². The van der Waals surface area contributed by atoms with E-state index in [2.05, 4.69) is 4.74 Å². The van der Waals surface area contributed by atoms with Gasteiger partial charge in [0.1, 0.15) is 11.6 Å². The molecular formula is C18H13F7O. The van der Waals surface area contributed by atoms with Crippen molar-refractivity contribution < 1.29 is 35.5 Å². The molecule has 8 heteroatoms. The van der Waals surface area contributed by atoms with Gasteiger partial charge in [0.2, 0.25) is 5.75 Å². The SMILES string of the molecule is Cc1cc(F)c(C2CCc3c(cc(F)c(OC(F)(F)F)c3F)C2)c(F)c1. The molecule has 26 heavy (non-hydrogen) atoms. The lowest BCUT2D eigenvalue weighted by Gasteiger charge is -2.27. The van der Waals surface area contributed by atoms with E-state index in [-0.39, 0.29) is 36.0 Å². The largest absolute Gasteiger partial charge is 0.573 e. The first-order valence-corrected chi connectivity index (χ1v) is 7.78. The van der Waals surface area contributed by atoms with Crippen LogP contribution < -0.4 is 4.74 Å². The van der Waals surface area contributed by atoms with E-state index in [1.807, 2.05) is 0 Å². The lowest BCUT2D eigenvalue weighted by Crippen LogP contribution is -2.22. The first-order chi connectivity index (χ1) is 12.1. The predicted molar refractivity (Wildman–Crippen MR) is 78.9 cm³/mol. The molecule has 0 spiro atoms. The Bertz CT molecular complexity index is 835. The number of halogens is 7. The first kappa shape index (κ1) is 18.5. The summed E-state index contributed by atoms with van der Waals surface area (Å²) in [5, 5.41) is 0. The standard InChI is InChI=1S/C18H13F7O/c1-8-4-12(19)15(13(20)5-8)9-2-3-11-10(6-9)7-14(21)17(16(11)22)26-18(23,24)25/h4-5,7,9H,2-3,6H2,1H3. The summed E-state index contributed by atoms with van der Waals surface area (Å²) in [4.78, 5) is 0. The number of ether oxygens (including phenoxy) is 1. The number of rotatable bonds is 2. The van der Waals surface area contributed by atoms with Gasteiger partial charge in [0.15, 0.2) is 11.6 Å². The molecule has 0 saturated carbocycles. The summed E-state index contributed by atoms with van der Waals surface area (Å²) in [6.07, 6.45) is -5.31. The van der Waals surface area contributed by atoms with Gasteiger partial charge < -0.3 is 4.74 Å². The summed E-state index contributed by atoms with van der Waals surface area (Å²) in [5.74, 6) is -6.63. The van der Waals surface area contributed by atoms with Gasteiger partial charge >= 0.3 is 6.36 Å². The summed E-state index contributed by atoms with van der Waals surface area (Å²) in [6, 6.07) is 3.06. The van der Waals surface area contributed by atoms with Crippen LogP contribution in [0.5, 0.6) is 5.75 Å². The molecular weight excluding hydrogens is 365 g/mol. The summed E-state index contributed by atoms with van der Waals surface area (Å²) in [6.45, 7) is 1.53. The normalized spacial score (nSPS) is 17.2. The van der Waals surface area contributed by atoms with Gasteiger partial charge in [0.25, 0.3) is 0 Å². The Morgan fingerprint density at radius 1 is 0.962 bits per heavy atom. The van der Waals surface area contributed by atoms with Crippen LogP contribution in [0, 0.1) is 30.2 Å². The highest BCUT2D eigenvalue weighted by Gasteiger charge is 2.36. The highest BCUT2D eigenvalue weighted by molar-refractivity contribution is 5.43. The third kappa shape index (κ3) is 3.50. The maximum absolute atomic E-state index is 14.3. The molecule has 1 atom stereocenters. The van der Waals surface area contributed by atoms with E-state index in [9.17, 15) is 30.7 Å². The number of alkyl halides is 3. The zero-order valence-electron chi connectivity index (χ0n) is 13.5. The highest BCUT2D eigenvalue weighted by atomic mass is 19.4. The average molecular weight is 378 g/mol. The second-order valence-corrected chi connectivity index (χ2v) is 6.27. The fourth-order valence-corrected chi connectivity index (χ4v) is 3.38. The maximum Gasteiger partial charge on any atom is 0.573 e. The number of fused-ring (bicyclic) bond motifs is 1. The number of hydrogen-bond acceptors (Lipinski definition) is 1. The molecule has 2 aromatic carbocycles. The minimum absolute atomic E-state index is 0.0742. The van der Waals surface area contributed by atoms with Crippen molar-refractivity contribution in [2.45, 2.75) is 38.5 Å². The summed E-state index contributed by atoms with van der Waals surface area (Å²) >= 11 is 0. The van der Waals surface area contributed by atoms with Crippen molar-refractivity contribution in [2.75, 3.05) is 0 Å². The second-order valence-electron chi connectivity index (χ2n) is 6.27. The van der Waals surface area contributed by atoms with Crippen LogP contribution >= 0.6 is 0 Å². The molecule has 0 fully saturated rings. The Balaban J connectivity index is 1.98. The molecule has 3 rings (SSSR count). The topological polar surface area (TPSA) is 9.23 Å². The van der Waals surface area contributed by atoms with E-state index in [1.54, 1.807) is 0 Å². The molecule has 0 bridgehead atoms. The van der Waals surface area contributed by atoms with Crippen LogP contribution in [0.1, 0.15) is 34.6 Å². The van der Waals surface area contributed by atoms with E-state index < -0.39 is 41.3 Å². The molecule has 0 N–H and O–H groups in total. The Labute approximate surface area is 144 Å². The highest BCUT2D eigenvalue weighted by Crippen LogP contribution is 2.40. The molecule has 0 heterocycles. The van der Waals surface area contributed by atoms with Crippen molar-refractivity contribution in [3.63, 3.8) is 0 Å². The van der Waals surface area contributed by atoms with Gasteiger partial charge in [0.05, 0.1) is 0 Å². The predicted octanol–water partition coefficient (Wildman–Crippen LogP) is 5.72. The molecule has 1 aliphatic carbocycles. The molecule has 0 amide bonds. The first-order valence-electron chi connectivity index (χ1n) is 7.78. The molecule has 1 unspecified atom stereocenters. The maximum atomic E-state index is 14.3. The van der Waals surface area contributed by atoms with Crippen LogP contribution in [-0.2, 0) is 12.8 Å². The summed E-state index contributed by atoms with van der Waals surface area (Å²) in [7, 11) is 0. The lowest BCUT2D eigenvalue weighted by atomic mass is 9.79. The van der Waals surface area contributed by atoms with Crippen LogP contribution in [-0.4, -0.2) is 6.36 Å². The van der Waals surface area contributed by atoms with Gasteiger partial charge in [-0.3, -0.25) is 0 Å². The van der Waals surface area contributed by atoms with Gasteiger partial charge in [0, 0.05) is 5.56 Å². The van der Waals surface area contributed by atoms with Gasteiger partial charge in [-0.2, -0.15) is 0 Å². The smallest absolute Gasteiger partial charge is 0.399 e. The average Bonchev–Trinajstić information content (AvgIpc) is 2.49. The Morgan fingerprint density at radius 2 is 1.58 bits per heavy atom. The van der Waals surface area contributed by atoms with Gasteiger partial charge in [-0.25, -0.2) is 17.6 Å². The lowest BCUT2D eigenvalue weighted by molar-refractivity contribution is -0.276. The molecule has 0 radical (unpaired) electrons. The molecule has 1 aliphatic rings. The van der Waals surface area contributed by atoms with Gasteiger partial charge in [-0.1, -0.05) is 0 Å². The number of benzene rings is 2. The minimum atomic E-state index is -5.23. The number of hydrogen-bond donors (Lipinski definition) is 0. The molecule has 0 saturated heterocycles. The van der Waals surface area contributed by atoms with Gasteiger partial charge in [-0.05, 0) is 67.0 Å². The zero-order valence-corrected chi connectivity index (χ0v) is 13.5. The van der Waals surface area contributed by atoms with Crippen LogP contribution in [0.2, 0.25) is 0 Å². The van der Waals surface area contributed by atoms with Crippen molar-refractivity contribution in [1.82, 2.24) is 0 Å². The monoisotopic (exact) mass is 378 g/mol. The molecule has 2 aromatic rings. The van der Waals surface area contributed by atoms with Crippen LogP contribution in [0.3, 0.4) is 0 Å². The fraction of sp³-hybridized carbons (Fsp3) is 0.333. The molecule has 1 nitrogen and oxygen atoms in total. The molecule has 0 aliphatic heterocycles. The van der Waals surface area contributed by atoms with E-state index >= 15 is 0 Å². The van der Waals surface area contributed by atoms with E-state index in [0.717, 1.165) is 18.2 Å². The van der Waals surface area contributed by atoms with Gasteiger partial charge in [-0.15, -0.1) is 13.2 Å². The third-order valence-electron chi connectivity index (χ3n) is 4.43. The zero-order chi connectivity index (χ0) is 19.2. The molecule has 140 valence electrons. The van der Waals surface area contributed by atoms with Crippen LogP contribution in [0.4, 0.5) is 30.7 Å². The van der Waals surface area contributed by atoms with Crippen LogP contribution in [0.25, 0.3) is 0 Å². The fourth-order valence-electron chi connectivity index (χ4n) is 3.38. The quantitative estimate of drug-likeness (QED) is 0.607. The Hall–Kier alpha value is -2.25. The molecule has 0 aromatic heterocycles. The number of aryl methyl sites for hydroxylation is 1. The van der Waals surface area contributed by atoms with E-state index in [0.29, 0.717) is 5.56 Å². The van der Waals surface area contributed by atoms with Crippen molar-refractivity contribution in [3.05, 3.63) is 63.7 Å². The summed E-state index contributed by atoms with van der Waals surface area (Å²) in [5.41, 5.74) is 0.156. The minimum Gasteiger partial charge on any atom is -0.399 e. The van der Waals surface area contributed by atoms with E-state index in [1.165, 1.54) is 6.92 Å². The van der Waals surface area contributed by atoms with Crippen molar-refractivity contribution in [3.8, 4) is 5.75 Å². The van der Waals surface area contributed by atoms with Crippen molar-refractivity contribution in [1.29, 1.82) is 0 Å². The van der Waals surface area contributed by atoms with E-state index in [4.69, 9.17) is 0 Å². The Kier molecular flexibility index (Phi) is 4.62. The summed E-state index contributed by atoms with van der Waals surface area (Å²) < 4.78 is 96.8. The van der Waals surface area contributed by atoms with Crippen molar-refractivity contribution >= 4 is 0 Å². The Morgan fingerprint density at radius 3 is 2.15 bits per heavy atom. The third-order valence-corrected chi connectivity index (χ3v) is 4.43. The van der Waals surface area contributed by atoms with Crippen LogP contribution in [0.15, 0.2) is 18.2 Å².